The van der Waals surface area contributed by atoms with Crippen LogP contribution >= 0.6 is 11.8 Å². The third-order valence-corrected chi connectivity index (χ3v) is 7.34. The Morgan fingerprint density at radius 3 is 2.52 bits per heavy atom. The number of thioether (sulfide) groups is 1. The van der Waals surface area contributed by atoms with E-state index in [0.717, 1.165) is 17.0 Å². The van der Waals surface area contributed by atoms with Crippen LogP contribution in [0.1, 0.15) is 69.7 Å². The second-order valence-electron chi connectivity index (χ2n) is 7.98. The molecule has 1 atom stereocenters. The first-order valence-corrected chi connectivity index (χ1v) is 11.3. The van der Waals surface area contributed by atoms with Gasteiger partial charge in [0.05, 0.1) is 6.04 Å². The summed E-state index contributed by atoms with van der Waals surface area (Å²) in [7, 11) is 2.17. The van der Waals surface area contributed by atoms with Crippen molar-refractivity contribution in [3.63, 3.8) is 0 Å². The second kappa shape index (κ2) is 8.40. The molecule has 1 aromatic rings. The first-order chi connectivity index (χ1) is 12.3. The lowest BCUT2D eigenvalue weighted by atomic mass is 9.93. The Bertz CT molecular complexity index is 548. The van der Waals surface area contributed by atoms with Gasteiger partial charge in [0.25, 0.3) is 0 Å². The Balaban J connectivity index is 1.37. The van der Waals surface area contributed by atoms with Gasteiger partial charge in [0, 0.05) is 25.4 Å². The van der Waals surface area contributed by atoms with Crippen molar-refractivity contribution < 1.29 is 0 Å². The highest BCUT2D eigenvalue weighted by Gasteiger charge is 2.35. The molecular formula is C19H33N5S. The van der Waals surface area contributed by atoms with Gasteiger partial charge in [0.1, 0.15) is 0 Å². The van der Waals surface area contributed by atoms with E-state index in [2.05, 4.69) is 31.6 Å². The van der Waals surface area contributed by atoms with Crippen LogP contribution in [-0.4, -0.2) is 62.5 Å². The highest BCUT2D eigenvalue weighted by Crippen LogP contribution is 2.37. The second-order valence-corrected chi connectivity index (χ2v) is 9.05. The van der Waals surface area contributed by atoms with Crippen LogP contribution in [0, 0.1) is 0 Å². The molecule has 1 saturated carbocycles. The summed E-state index contributed by atoms with van der Waals surface area (Å²) in [5.74, 6) is 2.33. The molecule has 0 amide bonds. The van der Waals surface area contributed by atoms with Gasteiger partial charge in [-0.25, -0.2) is 0 Å². The number of aromatic nitrogens is 3. The Labute approximate surface area is 156 Å². The van der Waals surface area contributed by atoms with Crippen LogP contribution in [0.25, 0.3) is 0 Å². The molecule has 5 nitrogen and oxygen atoms in total. The van der Waals surface area contributed by atoms with Gasteiger partial charge >= 0.3 is 0 Å². The summed E-state index contributed by atoms with van der Waals surface area (Å²) in [4.78, 5) is 5.33. The highest BCUT2D eigenvalue weighted by molar-refractivity contribution is 7.99. The zero-order chi connectivity index (χ0) is 17.1. The summed E-state index contributed by atoms with van der Waals surface area (Å²) in [6, 6.07) is 1.28. The predicted octanol–water partition coefficient (Wildman–Crippen LogP) is 3.47. The smallest absolute Gasteiger partial charge is 0.191 e. The Morgan fingerprint density at radius 2 is 1.72 bits per heavy atom. The zero-order valence-corrected chi connectivity index (χ0v) is 16.5. The molecule has 2 aliphatic heterocycles. The van der Waals surface area contributed by atoms with Gasteiger partial charge in [-0.15, -0.1) is 10.2 Å². The molecule has 3 aliphatic rings. The van der Waals surface area contributed by atoms with Crippen LogP contribution in [0.5, 0.6) is 0 Å². The maximum Gasteiger partial charge on any atom is 0.191 e. The molecule has 6 heteroatoms. The summed E-state index contributed by atoms with van der Waals surface area (Å²) in [5, 5.41) is 10.3. The molecule has 1 aliphatic carbocycles. The third kappa shape index (κ3) is 4.06. The van der Waals surface area contributed by atoms with Gasteiger partial charge in [-0.3, -0.25) is 4.90 Å². The summed E-state index contributed by atoms with van der Waals surface area (Å²) in [6.45, 7) is 5.00. The fourth-order valence-corrected chi connectivity index (χ4v) is 5.85. The van der Waals surface area contributed by atoms with Crippen molar-refractivity contribution in [2.45, 2.75) is 75.0 Å². The monoisotopic (exact) mass is 363 g/mol. The van der Waals surface area contributed by atoms with Crippen molar-refractivity contribution in [1.29, 1.82) is 0 Å². The Kier molecular flexibility index (Phi) is 5.98. The predicted molar refractivity (Wildman–Crippen MR) is 103 cm³/mol. The average molecular weight is 364 g/mol. The summed E-state index contributed by atoms with van der Waals surface area (Å²) in [6.07, 6.45) is 12.3. The molecule has 0 unspecified atom stereocenters. The maximum atomic E-state index is 4.63. The molecule has 1 aromatic heterocycles. The highest BCUT2D eigenvalue weighted by atomic mass is 32.2. The molecule has 0 bridgehead atoms. The number of likely N-dealkylation sites (tertiary alicyclic amines) is 2. The summed E-state index contributed by atoms with van der Waals surface area (Å²) in [5.41, 5.74) is 0. The van der Waals surface area contributed by atoms with Crippen molar-refractivity contribution in [3.8, 4) is 0 Å². The van der Waals surface area contributed by atoms with E-state index in [1.54, 1.807) is 0 Å². The molecule has 3 heterocycles. The van der Waals surface area contributed by atoms with Crippen LogP contribution in [0.2, 0.25) is 0 Å². The number of hydrogen-bond donors (Lipinski definition) is 0. The zero-order valence-electron chi connectivity index (χ0n) is 15.7. The van der Waals surface area contributed by atoms with Crippen molar-refractivity contribution in [1.82, 2.24) is 24.6 Å². The normalized spacial score (nSPS) is 26.7. The summed E-state index contributed by atoms with van der Waals surface area (Å²) < 4.78 is 2.28. The van der Waals surface area contributed by atoms with Crippen LogP contribution in [0.15, 0.2) is 5.16 Å². The van der Waals surface area contributed by atoms with E-state index >= 15 is 0 Å². The fraction of sp³-hybridized carbons (Fsp3) is 0.895. The first-order valence-electron chi connectivity index (χ1n) is 10.3. The molecule has 0 spiro atoms. The first kappa shape index (κ1) is 17.8. The van der Waals surface area contributed by atoms with Crippen LogP contribution in [-0.2, 0) is 7.05 Å². The van der Waals surface area contributed by atoms with Crippen molar-refractivity contribution in [3.05, 3.63) is 5.82 Å². The van der Waals surface area contributed by atoms with Gasteiger partial charge in [0.2, 0.25) is 0 Å². The molecule has 0 aromatic carbocycles. The van der Waals surface area contributed by atoms with E-state index in [1.807, 2.05) is 11.8 Å². The van der Waals surface area contributed by atoms with Gasteiger partial charge < -0.3 is 9.47 Å². The lowest BCUT2D eigenvalue weighted by Gasteiger charge is -2.35. The van der Waals surface area contributed by atoms with E-state index in [4.69, 9.17) is 0 Å². The number of nitrogens with zero attached hydrogens (tertiary/aromatic N) is 5. The molecular weight excluding hydrogens is 330 g/mol. The largest absolute Gasteiger partial charge is 0.308 e. The van der Waals surface area contributed by atoms with E-state index in [1.165, 1.54) is 89.8 Å². The van der Waals surface area contributed by atoms with E-state index < -0.39 is 0 Å². The van der Waals surface area contributed by atoms with Crippen LogP contribution < -0.4 is 0 Å². The quantitative estimate of drug-likeness (QED) is 0.724. The van der Waals surface area contributed by atoms with E-state index in [-0.39, 0.29) is 0 Å². The molecule has 2 saturated heterocycles. The molecule has 140 valence electrons. The standard InChI is InChI=1S/C19H33N5S/c1-22-18(17-10-7-13-24(17)16-8-3-2-4-9-16)20-21-19(22)25-15-14-23-11-5-6-12-23/h16-17H,2-15H2,1H3/t17-/m0/s1. The average Bonchev–Trinajstić information content (AvgIpc) is 3.38. The molecule has 4 rings (SSSR count). The van der Waals surface area contributed by atoms with E-state index in [9.17, 15) is 0 Å². The SMILES string of the molecule is Cn1c(SCCN2CCCC2)nnc1[C@@H]1CCCN1C1CCCCC1. The Morgan fingerprint density at radius 1 is 0.920 bits per heavy atom. The molecule has 25 heavy (non-hydrogen) atoms. The lowest BCUT2D eigenvalue weighted by molar-refractivity contribution is 0.135. The van der Waals surface area contributed by atoms with Crippen molar-refractivity contribution >= 4 is 11.8 Å². The van der Waals surface area contributed by atoms with Gasteiger partial charge in [-0.05, 0) is 58.2 Å². The molecule has 3 fully saturated rings. The maximum absolute atomic E-state index is 4.63. The number of hydrogen-bond acceptors (Lipinski definition) is 5. The van der Waals surface area contributed by atoms with Crippen LogP contribution in [0.4, 0.5) is 0 Å². The van der Waals surface area contributed by atoms with Crippen molar-refractivity contribution in [2.75, 3.05) is 31.9 Å². The topological polar surface area (TPSA) is 37.2 Å². The molecule has 0 radical (unpaired) electrons. The third-order valence-electron chi connectivity index (χ3n) is 6.34. The van der Waals surface area contributed by atoms with Gasteiger partial charge in [0.15, 0.2) is 11.0 Å². The van der Waals surface area contributed by atoms with Gasteiger partial charge in [-0.2, -0.15) is 0 Å². The van der Waals surface area contributed by atoms with Gasteiger partial charge in [-0.1, -0.05) is 31.0 Å². The minimum Gasteiger partial charge on any atom is -0.308 e. The fourth-order valence-electron chi connectivity index (χ4n) is 4.93. The lowest BCUT2D eigenvalue weighted by Crippen LogP contribution is -2.37. The molecule has 0 N–H and O–H groups in total. The number of rotatable bonds is 6. The Hall–Kier alpha value is -0.590. The summed E-state index contributed by atoms with van der Waals surface area (Å²) >= 11 is 1.88. The minimum absolute atomic E-state index is 0.494. The van der Waals surface area contributed by atoms with Crippen LogP contribution in [0.3, 0.4) is 0 Å². The minimum atomic E-state index is 0.494. The van der Waals surface area contributed by atoms with Crippen molar-refractivity contribution in [2.24, 2.45) is 7.05 Å². The van der Waals surface area contributed by atoms with E-state index in [0.29, 0.717) is 6.04 Å².